The van der Waals surface area contributed by atoms with Gasteiger partial charge in [-0.1, -0.05) is 170 Å². The molecule has 0 aromatic heterocycles. The maximum absolute atomic E-state index is 12.3. The van der Waals surface area contributed by atoms with Crippen LogP contribution in [0, 0.1) is 0 Å². The van der Waals surface area contributed by atoms with Crippen molar-refractivity contribution in [2.24, 2.45) is 0 Å². The predicted octanol–water partition coefficient (Wildman–Crippen LogP) is 11.7. The number of aliphatic hydroxyl groups excluding tert-OH is 1. The number of aliphatic hydroxyl groups is 1. The molecule has 0 aliphatic heterocycles. The van der Waals surface area contributed by atoms with E-state index in [4.69, 9.17) is 13.8 Å². The molecule has 0 aliphatic rings. The Balaban J connectivity index is 3.99. The Morgan fingerprint density at radius 3 is 1.46 bits per heavy atom. The van der Waals surface area contributed by atoms with Crippen molar-refractivity contribution in [1.82, 2.24) is 5.32 Å². The average Bonchev–Trinajstić information content (AvgIpc) is 3.21. The number of esters is 1. The van der Waals surface area contributed by atoms with Crippen LogP contribution in [0.25, 0.3) is 0 Å². The van der Waals surface area contributed by atoms with E-state index in [0.29, 0.717) is 12.8 Å². The van der Waals surface area contributed by atoms with Crippen molar-refractivity contribution in [3.63, 3.8) is 0 Å². The standard InChI is InChI=1S/C47H80NO10P/c1-3-5-7-9-11-13-15-17-19-20-21-22-23-24-25-26-28-30-32-34-36-38-45(50)48-44(47(52)53)42-58-59(54,55)57-41-43(49)40-56-46(51)39-37-35-33-31-29-27-18-16-14-12-10-8-6-4-2/h5,7,11,13,17,19,21-22,24-25,28,30,43-44,49H,3-4,6,8-10,12,14-16,18,20,23,26-27,29,31-42H2,1-2H3,(H,48,50)(H,52,53)(H,54,55)/b7-5-,13-11-,19-17-,22-21-,25-24-,30-28-. The molecular formula is C47H80NO10P. The molecule has 0 rings (SSSR count). The first-order valence-corrected chi connectivity index (χ1v) is 24.0. The van der Waals surface area contributed by atoms with Crippen molar-refractivity contribution in [1.29, 1.82) is 0 Å². The van der Waals surface area contributed by atoms with Crippen molar-refractivity contribution in [2.45, 2.75) is 187 Å². The van der Waals surface area contributed by atoms with Crippen molar-refractivity contribution in [2.75, 3.05) is 19.8 Å². The van der Waals surface area contributed by atoms with Crippen LogP contribution in [-0.2, 0) is 32.7 Å². The Kier molecular flexibility index (Phi) is 39.5. The molecule has 0 spiro atoms. The lowest BCUT2D eigenvalue weighted by Crippen LogP contribution is -2.43. The minimum absolute atomic E-state index is 0.0873. The Hall–Kier alpha value is -3.08. The average molecular weight is 850 g/mol. The number of rotatable bonds is 41. The number of hydrogen-bond donors (Lipinski definition) is 4. The molecule has 4 N–H and O–H groups in total. The van der Waals surface area contributed by atoms with Gasteiger partial charge in [-0.25, -0.2) is 9.36 Å². The lowest BCUT2D eigenvalue weighted by Gasteiger charge is -2.18. The Bertz CT molecular complexity index is 1280. The van der Waals surface area contributed by atoms with Gasteiger partial charge in [0.05, 0.1) is 13.2 Å². The summed E-state index contributed by atoms with van der Waals surface area (Å²) in [4.78, 5) is 45.9. The molecule has 338 valence electrons. The van der Waals surface area contributed by atoms with E-state index in [2.05, 4.69) is 86.0 Å². The summed E-state index contributed by atoms with van der Waals surface area (Å²) < 4.78 is 26.8. The molecule has 3 unspecified atom stereocenters. The van der Waals surface area contributed by atoms with E-state index in [1.807, 2.05) is 6.08 Å². The van der Waals surface area contributed by atoms with Crippen molar-refractivity contribution in [3.8, 4) is 0 Å². The second-order valence-electron chi connectivity index (χ2n) is 14.9. The fourth-order valence-corrected chi connectivity index (χ4v) is 6.56. The summed E-state index contributed by atoms with van der Waals surface area (Å²) in [5, 5.41) is 21.8. The van der Waals surface area contributed by atoms with E-state index in [-0.39, 0.29) is 12.8 Å². The molecule has 59 heavy (non-hydrogen) atoms. The first kappa shape index (κ1) is 55.9. The summed E-state index contributed by atoms with van der Waals surface area (Å²) >= 11 is 0. The molecular weight excluding hydrogens is 769 g/mol. The van der Waals surface area contributed by atoms with Gasteiger partial charge in [0, 0.05) is 12.8 Å². The third-order valence-electron chi connectivity index (χ3n) is 9.26. The molecule has 0 saturated carbocycles. The normalized spacial score (nSPS) is 14.4. The van der Waals surface area contributed by atoms with Crippen LogP contribution in [0.3, 0.4) is 0 Å². The highest BCUT2D eigenvalue weighted by atomic mass is 31.2. The number of carboxylic acid groups (broad SMARTS) is 1. The minimum atomic E-state index is -4.77. The van der Waals surface area contributed by atoms with Crippen molar-refractivity contribution >= 4 is 25.7 Å². The summed E-state index contributed by atoms with van der Waals surface area (Å²) in [5.41, 5.74) is 0. The zero-order chi connectivity index (χ0) is 43.5. The molecule has 0 heterocycles. The number of carbonyl (C=O) groups is 3. The number of aliphatic carboxylic acids is 1. The first-order valence-electron chi connectivity index (χ1n) is 22.5. The van der Waals surface area contributed by atoms with Crippen LogP contribution in [0.1, 0.15) is 174 Å². The molecule has 11 nitrogen and oxygen atoms in total. The maximum Gasteiger partial charge on any atom is 0.472 e. The number of carbonyl (C=O) groups excluding carboxylic acids is 2. The van der Waals surface area contributed by atoms with Gasteiger partial charge in [0.15, 0.2) is 6.04 Å². The molecule has 0 radical (unpaired) electrons. The van der Waals surface area contributed by atoms with Crippen LogP contribution in [0.4, 0.5) is 0 Å². The highest BCUT2D eigenvalue weighted by Crippen LogP contribution is 2.43. The quantitative estimate of drug-likeness (QED) is 0.0201. The second kappa shape index (κ2) is 41.6. The van der Waals surface area contributed by atoms with Crippen LogP contribution >= 0.6 is 7.82 Å². The van der Waals surface area contributed by atoms with Crippen LogP contribution in [-0.4, -0.2) is 64.9 Å². The van der Waals surface area contributed by atoms with Crippen LogP contribution in [0.5, 0.6) is 0 Å². The molecule has 1 amide bonds. The van der Waals surface area contributed by atoms with Gasteiger partial charge in [0.2, 0.25) is 5.91 Å². The fraction of sp³-hybridized carbons (Fsp3) is 0.681. The Labute approximate surface area is 357 Å². The lowest BCUT2D eigenvalue weighted by molar-refractivity contribution is -0.147. The maximum atomic E-state index is 12.3. The van der Waals surface area contributed by atoms with Crippen LogP contribution in [0.15, 0.2) is 72.9 Å². The smallest absolute Gasteiger partial charge is 0.472 e. The number of nitrogens with one attached hydrogen (secondary N) is 1. The SMILES string of the molecule is CC/C=C\C/C=C\C/C=C\C/C=C\C/C=C\C/C=C\CCCCC(=O)NC(COP(=O)(O)OCC(O)COC(=O)CCCCCCCCCCCCCCCC)C(=O)O. The number of unbranched alkanes of at least 4 members (excludes halogenated alkanes) is 15. The Morgan fingerprint density at radius 1 is 0.559 bits per heavy atom. The molecule has 12 heteroatoms. The Morgan fingerprint density at radius 2 is 0.983 bits per heavy atom. The third-order valence-corrected chi connectivity index (χ3v) is 10.2. The number of carboxylic acids is 1. The second-order valence-corrected chi connectivity index (χ2v) is 16.3. The molecule has 0 aromatic carbocycles. The van der Waals surface area contributed by atoms with Crippen molar-refractivity contribution in [3.05, 3.63) is 72.9 Å². The van der Waals surface area contributed by atoms with Gasteiger partial charge in [-0.3, -0.25) is 18.6 Å². The van der Waals surface area contributed by atoms with Gasteiger partial charge in [-0.05, 0) is 64.2 Å². The van der Waals surface area contributed by atoms with E-state index in [1.165, 1.54) is 64.2 Å². The highest BCUT2D eigenvalue weighted by molar-refractivity contribution is 7.47. The predicted molar refractivity (Wildman–Crippen MR) is 240 cm³/mol. The number of phosphoric acid groups is 1. The van der Waals surface area contributed by atoms with E-state index in [1.54, 1.807) is 0 Å². The molecule has 0 saturated heterocycles. The topological polar surface area (TPSA) is 169 Å². The zero-order valence-corrected chi connectivity index (χ0v) is 37.4. The van der Waals surface area contributed by atoms with E-state index < -0.39 is 57.6 Å². The largest absolute Gasteiger partial charge is 0.480 e. The van der Waals surface area contributed by atoms with Gasteiger partial charge in [0.25, 0.3) is 0 Å². The van der Waals surface area contributed by atoms with Crippen LogP contribution < -0.4 is 5.32 Å². The summed E-state index contributed by atoms with van der Waals surface area (Å²) in [6, 6.07) is -1.57. The molecule has 0 fully saturated rings. The van der Waals surface area contributed by atoms with E-state index in [0.717, 1.165) is 70.6 Å². The van der Waals surface area contributed by atoms with Crippen LogP contribution in [0.2, 0.25) is 0 Å². The van der Waals surface area contributed by atoms with E-state index in [9.17, 15) is 34.1 Å². The number of hydrogen-bond acceptors (Lipinski definition) is 8. The van der Waals surface area contributed by atoms with E-state index >= 15 is 0 Å². The summed E-state index contributed by atoms with van der Waals surface area (Å²) in [5.74, 6) is -2.44. The zero-order valence-electron chi connectivity index (χ0n) is 36.5. The van der Waals surface area contributed by atoms with Gasteiger partial charge < -0.3 is 25.2 Å². The number of phosphoric ester groups is 1. The first-order chi connectivity index (χ1) is 28.6. The number of amides is 1. The highest BCUT2D eigenvalue weighted by Gasteiger charge is 2.28. The summed E-state index contributed by atoms with van der Waals surface area (Å²) in [6.45, 7) is 2.44. The number of allylic oxidation sites excluding steroid dienone is 12. The molecule has 3 atom stereocenters. The fourth-order valence-electron chi connectivity index (χ4n) is 5.79. The van der Waals surface area contributed by atoms with Crippen molar-refractivity contribution < 1.29 is 47.8 Å². The van der Waals surface area contributed by atoms with Gasteiger partial charge in [0.1, 0.15) is 12.7 Å². The van der Waals surface area contributed by atoms with Gasteiger partial charge in [-0.15, -0.1) is 0 Å². The van der Waals surface area contributed by atoms with Gasteiger partial charge >= 0.3 is 19.8 Å². The monoisotopic (exact) mass is 850 g/mol. The summed E-state index contributed by atoms with van der Waals surface area (Å²) in [6.07, 6.45) is 49.3. The van der Waals surface area contributed by atoms with Gasteiger partial charge in [-0.2, -0.15) is 0 Å². The number of ether oxygens (including phenoxy) is 1. The third kappa shape index (κ3) is 41.4. The lowest BCUT2D eigenvalue weighted by atomic mass is 10.0. The summed E-state index contributed by atoms with van der Waals surface area (Å²) in [7, 11) is -4.77. The molecule has 0 aliphatic carbocycles. The molecule has 0 bridgehead atoms. The minimum Gasteiger partial charge on any atom is -0.480 e. The molecule has 0 aromatic rings.